The lowest BCUT2D eigenvalue weighted by atomic mass is 10.0. The van der Waals surface area contributed by atoms with Gasteiger partial charge in [0.1, 0.15) is 12.1 Å². The van der Waals surface area contributed by atoms with E-state index in [9.17, 15) is 4.79 Å². The lowest BCUT2D eigenvalue weighted by Crippen LogP contribution is -2.37. The van der Waals surface area contributed by atoms with Gasteiger partial charge in [-0.2, -0.15) is 0 Å². The lowest BCUT2D eigenvalue weighted by molar-refractivity contribution is 0.0357. The first kappa shape index (κ1) is 26.5. The molecule has 1 aliphatic heterocycles. The number of hydrogen-bond acceptors (Lipinski definition) is 9. The van der Waals surface area contributed by atoms with Gasteiger partial charge in [-0.25, -0.2) is 14.8 Å². The quantitative estimate of drug-likeness (QED) is 0.201. The second kappa shape index (κ2) is 12.1. The average molecular weight is 529 g/mol. The highest BCUT2D eigenvalue weighted by Crippen LogP contribution is 2.38. The van der Waals surface area contributed by atoms with Crippen LogP contribution in [0.5, 0.6) is 17.2 Å². The monoisotopic (exact) mass is 528 g/mol. The van der Waals surface area contributed by atoms with Crippen molar-refractivity contribution in [2.45, 2.75) is 6.42 Å². The van der Waals surface area contributed by atoms with Crippen LogP contribution in [0.3, 0.4) is 0 Å². The van der Waals surface area contributed by atoms with Gasteiger partial charge < -0.3 is 28.7 Å². The maximum atomic E-state index is 11.6. The molecule has 2 aromatic heterocycles. The fourth-order valence-electron chi connectivity index (χ4n) is 4.34. The Kier molecular flexibility index (Phi) is 8.65. The van der Waals surface area contributed by atoms with Crippen LogP contribution in [0.2, 0.25) is 0 Å². The van der Waals surface area contributed by atoms with E-state index in [2.05, 4.69) is 24.6 Å². The van der Waals surface area contributed by atoms with Crippen LogP contribution in [-0.2, 0) is 9.47 Å². The molecule has 11 heteroatoms. The Balaban J connectivity index is 0.00000320. The zero-order chi connectivity index (χ0) is 24.9. The maximum Gasteiger partial charge on any atom is 0.513 e. The van der Waals surface area contributed by atoms with Crippen LogP contribution in [0, 0.1) is 0 Å². The van der Waals surface area contributed by atoms with Gasteiger partial charge in [0.2, 0.25) is 0 Å². The number of aromatic nitrogens is 3. The molecule has 10 nitrogen and oxygen atoms in total. The fraction of sp³-hybridized carbons (Fsp3) is 0.346. The van der Waals surface area contributed by atoms with Gasteiger partial charge >= 0.3 is 6.16 Å². The molecule has 4 aromatic rings. The Hall–Kier alpha value is -3.60. The number of benzene rings is 2. The van der Waals surface area contributed by atoms with Crippen LogP contribution in [-0.4, -0.2) is 79.7 Å². The number of carbonyl (C=O) groups is 1. The zero-order valence-corrected chi connectivity index (χ0v) is 21.5. The van der Waals surface area contributed by atoms with Gasteiger partial charge in [-0.1, -0.05) is 0 Å². The Labute approximate surface area is 220 Å². The third-order valence-electron chi connectivity index (χ3n) is 6.18. The number of rotatable bonds is 8. The minimum Gasteiger partial charge on any atom is -0.493 e. The molecule has 2 aromatic carbocycles. The Bertz CT molecular complexity index is 1370. The molecule has 0 radical (unpaired) electrons. The molecule has 0 atom stereocenters. The summed E-state index contributed by atoms with van der Waals surface area (Å²) in [5, 5.41) is 1.66. The van der Waals surface area contributed by atoms with E-state index in [1.165, 1.54) is 13.4 Å². The van der Waals surface area contributed by atoms with E-state index in [1.54, 1.807) is 19.2 Å². The molecule has 196 valence electrons. The summed E-state index contributed by atoms with van der Waals surface area (Å²) in [6.45, 7) is 5.04. The van der Waals surface area contributed by atoms with Crippen molar-refractivity contribution in [2.75, 3.05) is 53.7 Å². The molecule has 1 fully saturated rings. The largest absolute Gasteiger partial charge is 0.513 e. The van der Waals surface area contributed by atoms with Crippen molar-refractivity contribution >= 4 is 40.4 Å². The molecule has 0 bridgehead atoms. The summed E-state index contributed by atoms with van der Waals surface area (Å²) in [6, 6.07) is 9.09. The highest BCUT2D eigenvalue weighted by Gasteiger charge is 2.17. The summed E-state index contributed by atoms with van der Waals surface area (Å²) >= 11 is 0. The predicted octanol–water partition coefficient (Wildman–Crippen LogP) is 4.45. The van der Waals surface area contributed by atoms with E-state index in [4.69, 9.17) is 18.9 Å². The summed E-state index contributed by atoms with van der Waals surface area (Å²) < 4.78 is 26.9. The molecule has 0 spiro atoms. The number of carbonyl (C=O) groups excluding carboxylic acids is 1. The molecule has 0 saturated carbocycles. The molecule has 0 aliphatic carbocycles. The van der Waals surface area contributed by atoms with Crippen LogP contribution in [0.4, 0.5) is 4.79 Å². The first-order valence-corrected chi connectivity index (χ1v) is 11.8. The standard InChI is InChI=1S/C26H28N4O6.ClH/c1-32-23-13-19-22(14-24(23)35-9-3-6-30-7-10-34-11-8-30)28-16-29-25(19)20-15-27-21-5-4-17(12-18(20)21)36-26(31)33-2;/h4-5,12-16,27H,3,6-11H2,1-2H3;1H. The first-order chi connectivity index (χ1) is 17.7. The van der Waals surface area contributed by atoms with E-state index >= 15 is 0 Å². The van der Waals surface area contributed by atoms with Crippen molar-refractivity contribution in [3.8, 4) is 28.5 Å². The van der Waals surface area contributed by atoms with Gasteiger partial charge in [0.05, 0.1) is 45.3 Å². The van der Waals surface area contributed by atoms with Crippen molar-refractivity contribution in [2.24, 2.45) is 0 Å². The molecular formula is C26H29ClN4O6. The summed E-state index contributed by atoms with van der Waals surface area (Å²) in [4.78, 5) is 26.2. The molecular weight excluding hydrogens is 500 g/mol. The number of H-pyrrole nitrogens is 1. The number of nitrogens with zero attached hydrogens (tertiary/aromatic N) is 3. The summed E-state index contributed by atoms with van der Waals surface area (Å²) in [5.74, 6) is 1.63. The molecule has 0 unspecified atom stereocenters. The highest BCUT2D eigenvalue weighted by molar-refractivity contribution is 6.03. The molecule has 1 saturated heterocycles. The minimum atomic E-state index is -0.777. The number of methoxy groups -OCH3 is 2. The van der Waals surface area contributed by atoms with Crippen LogP contribution < -0.4 is 14.2 Å². The lowest BCUT2D eigenvalue weighted by Gasteiger charge is -2.26. The molecule has 1 N–H and O–H groups in total. The summed E-state index contributed by atoms with van der Waals surface area (Å²) in [5.41, 5.74) is 3.18. The van der Waals surface area contributed by atoms with E-state index < -0.39 is 6.16 Å². The van der Waals surface area contributed by atoms with Gasteiger partial charge in [-0.3, -0.25) is 4.90 Å². The second-order valence-corrected chi connectivity index (χ2v) is 8.36. The van der Waals surface area contributed by atoms with Gasteiger partial charge in [-0.05, 0) is 30.7 Å². The van der Waals surface area contributed by atoms with Crippen LogP contribution in [0.25, 0.3) is 33.1 Å². The van der Waals surface area contributed by atoms with Crippen LogP contribution in [0.1, 0.15) is 6.42 Å². The van der Waals surface area contributed by atoms with Gasteiger partial charge in [0.15, 0.2) is 11.5 Å². The summed E-state index contributed by atoms with van der Waals surface area (Å²) in [7, 11) is 2.89. The Morgan fingerprint density at radius 3 is 2.70 bits per heavy atom. The highest BCUT2D eigenvalue weighted by atomic mass is 35.5. The zero-order valence-electron chi connectivity index (χ0n) is 20.7. The number of hydrogen-bond donors (Lipinski definition) is 1. The third-order valence-corrected chi connectivity index (χ3v) is 6.18. The van der Waals surface area contributed by atoms with Crippen molar-refractivity contribution in [3.05, 3.63) is 42.9 Å². The Morgan fingerprint density at radius 1 is 1.08 bits per heavy atom. The maximum absolute atomic E-state index is 11.6. The van der Waals surface area contributed by atoms with Crippen molar-refractivity contribution in [3.63, 3.8) is 0 Å². The number of aromatic amines is 1. The molecule has 0 amide bonds. The third kappa shape index (κ3) is 5.87. The van der Waals surface area contributed by atoms with Crippen LogP contribution >= 0.6 is 12.4 Å². The van der Waals surface area contributed by atoms with Crippen molar-refractivity contribution in [1.82, 2.24) is 19.9 Å². The van der Waals surface area contributed by atoms with E-state index in [0.29, 0.717) is 23.9 Å². The number of halogens is 1. The second-order valence-electron chi connectivity index (χ2n) is 8.36. The molecule has 37 heavy (non-hydrogen) atoms. The average Bonchev–Trinajstić information content (AvgIpc) is 3.33. The smallest absolute Gasteiger partial charge is 0.493 e. The first-order valence-electron chi connectivity index (χ1n) is 11.8. The van der Waals surface area contributed by atoms with Gasteiger partial charge in [0, 0.05) is 53.8 Å². The fourth-order valence-corrected chi connectivity index (χ4v) is 4.34. The minimum absolute atomic E-state index is 0. The normalized spacial score (nSPS) is 13.8. The Morgan fingerprint density at radius 2 is 1.92 bits per heavy atom. The van der Waals surface area contributed by atoms with Gasteiger partial charge in [-0.15, -0.1) is 12.4 Å². The van der Waals surface area contributed by atoms with E-state index in [0.717, 1.165) is 72.3 Å². The number of fused-ring (bicyclic) bond motifs is 2. The SMILES string of the molecule is COC(=O)Oc1ccc2[nH]cc(-c3ncnc4cc(OCCCN5CCOCC5)c(OC)cc34)c2c1.Cl. The van der Waals surface area contributed by atoms with E-state index in [1.807, 2.05) is 24.4 Å². The van der Waals surface area contributed by atoms with E-state index in [-0.39, 0.29) is 12.4 Å². The topological polar surface area (TPSA) is 108 Å². The molecule has 5 rings (SSSR count). The number of nitrogens with one attached hydrogen (secondary N) is 1. The summed E-state index contributed by atoms with van der Waals surface area (Å²) in [6.07, 6.45) is 3.53. The number of morpholine rings is 1. The predicted molar refractivity (Wildman–Crippen MR) is 141 cm³/mol. The van der Waals surface area contributed by atoms with Crippen LogP contribution in [0.15, 0.2) is 42.9 Å². The van der Waals surface area contributed by atoms with Crippen molar-refractivity contribution in [1.29, 1.82) is 0 Å². The van der Waals surface area contributed by atoms with Crippen molar-refractivity contribution < 1.29 is 28.5 Å². The molecule has 1 aliphatic rings. The molecule has 3 heterocycles. The number of ether oxygens (including phenoxy) is 5. The van der Waals surface area contributed by atoms with Gasteiger partial charge in [0.25, 0.3) is 0 Å².